The molecule has 23 heavy (non-hydrogen) atoms. The van der Waals surface area contributed by atoms with Gasteiger partial charge in [-0.3, -0.25) is 14.5 Å². The minimum atomic E-state index is -0.523. The van der Waals surface area contributed by atoms with E-state index in [1.165, 1.54) is 12.0 Å². The zero-order valence-electron chi connectivity index (χ0n) is 13.2. The number of hydrogen-bond acceptors (Lipinski definition) is 5. The Morgan fingerprint density at radius 2 is 2.04 bits per heavy atom. The first kappa shape index (κ1) is 17.0. The maximum absolute atomic E-state index is 12.5. The molecule has 0 radical (unpaired) electrons. The van der Waals surface area contributed by atoms with Crippen molar-refractivity contribution in [1.82, 2.24) is 9.80 Å². The summed E-state index contributed by atoms with van der Waals surface area (Å²) in [7, 11) is 2.96. The zero-order valence-corrected chi connectivity index (χ0v) is 14.1. The molecule has 1 saturated heterocycles. The minimum Gasteiger partial charge on any atom is -0.493 e. The van der Waals surface area contributed by atoms with Crippen molar-refractivity contribution in [2.24, 2.45) is 0 Å². The number of thiocarbonyl (C=S) groups is 1. The number of para-hydroxylation sites is 1. The Labute approximate surface area is 140 Å². The molecule has 1 amide bonds. The highest BCUT2D eigenvalue weighted by Gasteiger charge is 2.37. The van der Waals surface area contributed by atoms with Crippen LogP contribution in [0.5, 0.6) is 5.75 Å². The molecular formula is C16H18N2O4S. The Morgan fingerprint density at radius 3 is 2.70 bits per heavy atom. The molecule has 0 spiro atoms. The zero-order chi connectivity index (χ0) is 17.0. The third-order valence-corrected chi connectivity index (χ3v) is 3.86. The van der Waals surface area contributed by atoms with Gasteiger partial charge in [-0.1, -0.05) is 18.2 Å². The van der Waals surface area contributed by atoms with Crippen molar-refractivity contribution < 1.29 is 19.1 Å². The van der Waals surface area contributed by atoms with E-state index in [0.717, 1.165) is 5.56 Å². The number of carbonyl (C=O) groups excluding carboxylic acids is 2. The summed E-state index contributed by atoms with van der Waals surface area (Å²) in [6.45, 7) is 2.21. The molecular weight excluding hydrogens is 316 g/mol. The van der Waals surface area contributed by atoms with Crippen LogP contribution in [0.4, 0.5) is 0 Å². The Balaban J connectivity index is 2.34. The minimum absolute atomic E-state index is 0.205. The van der Waals surface area contributed by atoms with Gasteiger partial charge in [0.2, 0.25) is 0 Å². The highest BCUT2D eigenvalue weighted by Crippen LogP contribution is 2.26. The number of methoxy groups -OCH3 is 1. The van der Waals surface area contributed by atoms with Crippen molar-refractivity contribution in [2.45, 2.75) is 6.92 Å². The summed E-state index contributed by atoms with van der Waals surface area (Å²) >= 11 is 5.24. The van der Waals surface area contributed by atoms with E-state index in [9.17, 15) is 9.59 Å². The van der Waals surface area contributed by atoms with Gasteiger partial charge in [0.1, 0.15) is 18.0 Å². The van der Waals surface area contributed by atoms with Crippen molar-refractivity contribution in [1.29, 1.82) is 0 Å². The molecule has 0 aliphatic carbocycles. The van der Waals surface area contributed by atoms with E-state index in [1.54, 1.807) is 18.0 Å². The third kappa shape index (κ3) is 3.50. The smallest absolute Gasteiger partial charge is 0.325 e. The summed E-state index contributed by atoms with van der Waals surface area (Å²) in [6.07, 6.45) is 1.71. The van der Waals surface area contributed by atoms with Crippen molar-refractivity contribution in [3.05, 3.63) is 35.5 Å². The largest absolute Gasteiger partial charge is 0.493 e. The van der Waals surface area contributed by atoms with E-state index in [4.69, 9.17) is 17.0 Å². The Hall–Kier alpha value is -2.41. The van der Waals surface area contributed by atoms with E-state index in [0.29, 0.717) is 18.1 Å². The lowest BCUT2D eigenvalue weighted by Gasteiger charge is -2.14. The summed E-state index contributed by atoms with van der Waals surface area (Å²) < 4.78 is 10.2. The van der Waals surface area contributed by atoms with Gasteiger partial charge in [-0.2, -0.15) is 0 Å². The lowest BCUT2D eigenvalue weighted by molar-refractivity contribution is -0.143. The van der Waals surface area contributed by atoms with Crippen molar-refractivity contribution >= 4 is 35.3 Å². The first-order chi connectivity index (χ1) is 11.0. The van der Waals surface area contributed by atoms with E-state index >= 15 is 0 Å². The topological polar surface area (TPSA) is 59.1 Å². The van der Waals surface area contributed by atoms with Crippen LogP contribution in [-0.4, -0.2) is 54.1 Å². The molecule has 1 fully saturated rings. The normalized spacial score (nSPS) is 16.2. The predicted octanol–water partition coefficient (Wildman–Crippen LogP) is 1.66. The monoisotopic (exact) mass is 334 g/mol. The molecule has 1 aliphatic rings. The van der Waals surface area contributed by atoms with Crippen molar-refractivity contribution in [3.63, 3.8) is 0 Å². The molecule has 122 valence electrons. The van der Waals surface area contributed by atoms with Gasteiger partial charge in [-0.05, 0) is 31.3 Å². The highest BCUT2D eigenvalue weighted by molar-refractivity contribution is 7.80. The highest BCUT2D eigenvalue weighted by atomic mass is 32.1. The number of amides is 1. The predicted molar refractivity (Wildman–Crippen MR) is 89.7 cm³/mol. The number of hydrogen-bond donors (Lipinski definition) is 0. The van der Waals surface area contributed by atoms with E-state index < -0.39 is 5.97 Å². The van der Waals surface area contributed by atoms with Crippen LogP contribution >= 0.6 is 12.2 Å². The van der Waals surface area contributed by atoms with Crippen LogP contribution in [0.3, 0.4) is 0 Å². The lowest BCUT2D eigenvalue weighted by Crippen LogP contribution is -2.36. The van der Waals surface area contributed by atoms with Gasteiger partial charge >= 0.3 is 5.97 Å². The van der Waals surface area contributed by atoms with Gasteiger partial charge in [0, 0.05) is 12.6 Å². The second-order valence-electron chi connectivity index (χ2n) is 4.81. The Bertz CT molecular complexity index is 672. The maximum Gasteiger partial charge on any atom is 0.325 e. The number of benzene rings is 1. The van der Waals surface area contributed by atoms with E-state index in [1.807, 2.05) is 31.2 Å². The maximum atomic E-state index is 12.5. The number of esters is 1. The lowest BCUT2D eigenvalue weighted by atomic mass is 10.1. The van der Waals surface area contributed by atoms with Crippen LogP contribution in [0.2, 0.25) is 0 Å². The average Bonchev–Trinajstić information content (AvgIpc) is 2.74. The molecule has 1 aromatic rings. The summed E-state index contributed by atoms with van der Waals surface area (Å²) in [5, 5.41) is 0.264. The fourth-order valence-electron chi connectivity index (χ4n) is 2.18. The SMILES string of the molecule is CCOc1ccccc1/C=C1/C(=O)N(CC(=O)OC)C(=S)N1C. The summed E-state index contributed by atoms with van der Waals surface area (Å²) in [5.74, 6) is -0.180. The molecule has 6 nitrogen and oxygen atoms in total. The molecule has 0 bridgehead atoms. The van der Waals surface area contributed by atoms with Crippen molar-refractivity contribution in [3.8, 4) is 5.75 Å². The molecule has 0 aromatic heterocycles. The second-order valence-corrected chi connectivity index (χ2v) is 5.17. The van der Waals surface area contributed by atoms with E-state index in [-0.39, 0.29) is 17.6 Å². The summed E-state index contributed by atoms with van der Waals surface area (Å²) in [4.78, 5) is 26.8. The third-order valence-electron chi connectivity index (χ3n) is 3.37. The first-order valence-corrected chi connectivity index (χ1v) is 7.50. The van der Waals surface area contributed by atoms with Gasteiger partial charge < -0.3 is 14.4 Å². The number of nitrogens with zero attached hydrogens (tertiary/aromatic N) is 2. The molecule has 0 unspecified atom stereocenters. The number of ether oxygens (including phenoxy) is 2. The number of rotatable bonds is 5. The summed E-state index contributed by atoms with van der Waals surface area (Å²) in [5.41, 5.74) is 1.15. The van der Waals surface area contributed by atoms with Crippen LogP contribution < -0.4 is 4.74 Å². The van der Waals surface area contributed by atoms with Gasteiger partial charge in [-0.25, -0.2) is 0 Å². The quantitative estimate of drug-likeness (QED) is 0.464. The number of likely N-dealkylation sites (N-methyl/N-ethyl adjacent to an activating group) is 1. The fourth-order valence-corrected chi connectivity index (χ4v) is 2.42. The molecule has 1 heterocycles. The van der Waals surface area contributed by atoms with Crippen molar-refractivity contribution in [2.75, 3.05) is 27.3 Å². The van der Waals surface area contributed by atoms with Gasteiger partial charge in [0.05, 0.1) is 13.7 Å². The van der Waals surface area contributed by atoms with Crippen LogP contribution in [0, 0.1) is 0 Å². The molecule has 1 aromatic carbocycles. The van der Waals surface area contributed by atoms with Crippen LogP contribution in [0.15, 0.2) is 30.0 Å². The summed E-state index contributed by atoms with van der Waals surface area (Å²) in [6, 6.07) is 7.41. The Morgan fingerprint density at radius 1 is 1.35 bits per heavy atom. The molecule has 7 heteroatoms. The molecule has 0 N–H and O–H groups in total. The van der Waals surface area contributed by atoms with Crippen LogP contribution in [0.25, 0.3) is 6.08 Å². The Kier molecular flexibility index (Phi) is 5.33. The van der Waals surface area contributed by atoms with Gasteiger partial charge in [-0.15, -0.1) is 0 Å². The molecule has 1 aliphatic heterocycles. The van der Waals surface area contributed by atoms with E-state index in [2.05, 4.69) is 4.74 Å². The standard InChI is InChI=1S/C16H18N2O4S/c1-4-22-13-8-6-5-7-11(13)9-12-15(20)18(10-14(19)21-3)16(23)17(12)2/h5-9H,4,10H2,1-3H3/b12-9-. The van der Waals surface area contributed by atoms with Crippen LogP contribution in [-0.2, 0) is 14.3 Å². The molecule has 0 saturated carbocycles. The molecule has 2 rings (SSSR count). The average molecular weight is 334 g/mol. The second kappa shape index (κ2) is 7.23. The molecule has 0 atom stereocenters. The van der Waals surface area contributed by atoms with Gasteiger partial charge in [0.15, 0.2) is 5.11 Å². The first-order valence-electron chi connectivity index (χ1n) is 7.09. The van der Waals surface area contributed by atoms with Gasteiger partial charge in [0.25, 0.3) is 5.91 Å². The van der Waals surface area contributed by atoms with Crippen LogP contribution in [0.1, 0.15) is 12.5 Å². The number of carbonyl (C=O) groups is 2. The fraction of sp³-hybridized carbons (Fsp3) is 0.312.